The minimum Gasteiger partial charge on any atom is -0.460 e. The normalized spacial score (nSPS) is 12.1. The van der Waals surface area contributed by atoms with E-state index in [1.165, 1.54) is 5.56 Å². The molecule has 26 heavy (non-hydrogen) atoms. The molecule has 0 aliphatic rings. The van der Waals surface area contributed by atoms with E-state index >= 15 is 0 Å². The van der Waals surface area contributed by atoms with E-state index in [0.29, 0.717) is 16.9 Å². The standard InChI is InChI=1S/C19H22N4O3/c1-4-25-19(24)17-21-16(15-13(3)23-26-18(15)22-17)20-12(2)10-11-14-8-6-5-7-9-14/h5-9,12H,4,10-11H2,1-3H3,(H,20,21,22)/t12-/m0/s1. The van der Waals surface area contributed by atoms with Crippen LogP contribution < -0.4 is 5.32 Å². The minimum absolute atomic E-state index is 0.0340. The molecule has 0 radical (unpaired) electrons. The number of nitrogens with one attached hydrogen (secondary N) is 1. The molecular formula is C19H22N4O3. The Kier molecular flexibility index (Phi) is 5.46. The van der Waals surface area contributed by atoms with Crippen LogP contribution in [-0.2, 0) is 11.2 Å². The number of aromatic nitrogens is 3. The van der Waals surface area contributed by atoms with Gasteiger partial charge in [0.1, 0.15) is 11.2 Å². The molecule has 7 heteroatoms. The third-order valence-corrected chi connectivity index (χ3v) is 4.06. The SMILES string of the molecule is CCOC(=O)c1nc(N[C@@H](C)CCc2ccccc2)c2c(C)noc2n1. The van der Waals surface area contributed by atoms with E-state index in [0.717, 1.165) is 12.8 Å². The van der Waals surface area contributed by atoms with Gasteiger partial charge in [0.05, 0.1) is 12.3 Å². The van der Waals surface area contributed by atoms with Crippen molar-refractivity contribution in [2.45, 2.75) is 39.7 Å². The molecular weight excluding hydrogens is 332 g/mol. The van der Waals surface area contributed by atoms with Gasteiger partial charge in [-0.2, -0.15) is 4.98 Å². The zero-order chi connectivity index (χ0) is 18.5. The fourth-order valence-corrected chi connectivity index (χ4v) is 2.71. The highest BCUT2D eigenvalue weighted by atomic mass is 16.5. The van der Waals surface area contributed by atoms with Gasteiger partial charge in [0.25, 0.3) is 5.71 Å². The van der Waals surface area contributed by atoms with Crippen molar-refractivity contribution in [1.29, 1.82) is 0 Å². The number of fused-ring (bicyclic) bond motifs is 1. The summed E-state index contributed by atoms with van der Waals surface area (Å²) >= 11 is 0. The third-order valence-electron chi connectivity index (χ3n) is 4.06. The molecule has 0 aliphatic heterocycles. The molecule has 3 aromatic rings. The molecule has 0 bridgehead atoms. The molecule has 2 aromatic heterocycles. The average Bonchev–Trinajstić information content (AvgIpc) is 3.02. The van der Waals surface area contributed by atoms with Gasteiger partial charge < -0.3 is 14.6 Å². The van der Waals surface area contributed by atoms with Crippen LogP contribution in [0.3, 0.4) is 0 Å². The highest BCUT2D eigenvalue weighted by Gasteiger charge is 2.20. The summed E-state index contributed by atoms with van der Waals surface area (Å²) in [5, 5.41) is 7.98. The van der Waals surface area contributed by atoms with Gasteiger partial charge in [-0.25, -0.2) is 9.78 Å². The number of carbonyl (C=O) groups is 1. The van der Waals surface area contributed by atoms with E-state index in [1.807, 2.05) is 25.1 Å². The maximum Gasteiger partial charge on any atom is 0.376 e. The summed E-state index contributed by atoms with van der Waals surface area (Å²) in [6, 6.07) is 10.4. The number of benzene rings is 1. The lowest BCUT2D eigenvalue weighted by Gasteiger charge is -2.15. The zero-order valence-corrected chi connectivity index (χ0v) is 15.2. The summed E-state index contributed by atoms with van der Waals surface area (Å²) in [5.74, 6) is -0.0749. The molecule has 7 nitrogen and oxygen atoms in total. The Morgan fingerprint density at radius 3 is 2.77 bits per heavy atom. The molecule has 3 rings (SSSR count). The smallest absolute Gasteiger partial charge is 0.376 e. The van der Waals surface area contributed by atoms with Crippen LogP contribution in [0.5, 0.6) is 0 Å². The average molecular weight is 354 g/mol. The molecule has 0 fully saturated rings. The van der Waals surface area contributed by atoms with E-state index in [-0.39, 0.29) is 24.2 Å². The second-order valence-electron chi connectivity index (χ2n) is 6.13. The Morgan fingerprint density at radius 2 is 2.04 bits per heavy atom. The number of hydrogen-bond acceptors (Lipinski definition) is 7. The van der Waals surface area contributed by atoms with Gasteiger partial charge in [-0.3, -0.25) is 0 Å². The first-order chi connectivity index (χ1) is 12.6. The monoisotopic (exact) mass is 354 g/mol. The molecule has 0 saturated heterocycles. The topological polar surface area (TPSA) is 90.1 Å². The molecule has 1 N–H and O–H groups in total. The fourth-order valence-electron chi connectivity index (χ4n) is 2.71. The van der Waals surface area contributed by atoms with Crippen LogP contribution in [0.1, 0.15) is 42.1 Å². The summed E-state index contributed by atoms with van der Waals surface area (Å²) in [6.07, 6.45) is 1.85. The molecule has 0 amide bonds. The van der Waals surface area contributed by atoms with Crippen LogP contribution in [0.15, 0.2) is 34.9 Å². The number of aryl methyl sites for hydroxylation is 2. The Morgan fingerprint density at radius 1 is 1.27 bits per heavy atom. The Hall–Kier alpha value is -2.96. The molecule has 1 aromatic carbocycles. The first-order valence-electron chi connectivity index (χ1n) is 8.70. The predicted molar refractivity (Wildman–Crippen MR) is 98.1 cm³/mol. The van der Waals surface area contributed by atoms with Crippen LogP contribution in [-0.4, -0.2) is 33.7 Å². The number of hydrogen-bond donors (Lipinski definition) is 1. The number of rotatable bonds is 7. The van der Waals surface area contributed by atoms with E-state index in [4.69, 9.17) is 9.26 Å². The van der Waals surface area contributed by atoms with Crippen molar-refractivity contribution in [1.82, 2.24) is 15.1 Å². The highest BCUT2D eigenvalue weighted by molar-refractivity contribution is 5.93. The molecule has 2 heterocycles. The van der Waals surface area contributed by atoms with Crippen LogP contribution in [0.25, 0.3) is 11.1 Å². The summed E-state index contributed by atoms with van der Waals surface area (Å²) in [5.41, 5.74) is 2.23. The Balaban J connectivity index is 1.80. The summed E-state index contributed by atoms with van der Waals surface area (Å²) < 4.78 is 10.2. The first-order valence-corrected chi connectivity index (χ1v) is 8.70. The summed E-state index contributed by atoms with van der Waals surface area (Å²) in [6.45, 7) is 5.88. The highest BCUT2D eigenvalue weighted by Crippen LogP contribution is 2.25. The lowest BCUT2D eigenvalue weighted by Crippen LogP contribution is -2.19. The quantitative estimate of drug-likeness (QED) is 0.649. The summed E-state index contributed by atoms with van der Waals surface area (Å²) in [4.78, 5) is 20.5. The number of anilines is 1. The van der Waals surface area contributed by atoms with Crippen LogP contribution in [0, 0.1) is 6.92 Å². The van der Waals surface area contributed by atoms with E-state index in [1.54, 1.807) is 6.92 Å². The van der Waals surface area contributed by atoms with Gasteiger partial charge in [-0.05, 0) is 39.2 Å². The molecule has 0 aliphatic carbocycles. The van der Waals surface area contributed by atoms with Gasteiger partial charge in [0.15, 0.2) is 0 Å². The van der Waals surface area contributed by atoms with E-state index in [2.05, 4.69) is 39.5 Å². The van der Waals surface area contributed by atoms with Crippen molar-refractivity contribution in [3.8, 4) is 0 Å². The van der Waals surface area contributed by atoms with E-state index < -0.39 is 5.97 Å². The van der Waals surface area contributed by atoms with Crippen molar-refractivity contribution in [3.05, 3.63) is 47.4 Å². The number of carbonyl (C=O) groups excluding carboxylic acids is 1. The van der Waals surface area contributed by atoms with Gasteiger partial charge in [-0.15, -0.1) is 0 Å². The number of ether oxygens (including phenoxy) is 1. The largest absolute Gasteiger partial charge is 0.460 e. The minimum atomic E-state index is -0.580. The maximum absolute atomic E-state index is 12.0. The van der Waals surface area contributed by atoms with Crippen molar-refractivity contribution >= 4 is 22.9 Å². The lowest BCUT2D eigenvalue weighted by atomic mass is 10.1. The van der Waals surface area contributed by atoms with Gasteiger partial charge >= 0.3 is 5.97 Å². The molecule has 1 atom stereocenters. The molecule has 0 unspecified atom stereocenters. The number of esters is 1. The fraction of sp³-hybridized carbons (Fsp3) is 0.368. The Labute approximate surface area is 151 Å². The third kappa shape index (κ3) is 3.99. The van der Waals surface area contributed by atoms with Crippen LogP contribution in [0.2, 0.25) is 0 Å². The van der Waals surface area contributed by atoms with Gasteiger partial charge in [0.2, 0.25) is 5.82 Å². The molecule has 136 valence electrons. The van der Waals surface area contributed by atoms with Crippen molar-refractivity contribution in [3.63, 3.8) is 0 Å². The number of nitrogens with zero attached hydrogens (tertiary/aromatic N) is 3. The van der Waals surface area contributed by atoms with Crippen LogP contribution in [0.4, 0.5) is 5.82 Å². The maximum atomic E-state index is 12.0. The van der Waals surface area contributed by atoms with Gasteiger partial charge in [-0.1, -0.05) is 35.5 Å². The first kappa shape index (κ1) is 17.8. The molecule has 0 saturated carbocycles. The van der Waals surface area contributed by atoms with Gasteiger partial charge in [0, 0.05) is 6.04 Å². The second kappa shape index (κ2) is 7.95. The van der Waals surface area contributed by atoms with Crippen molar-refractivity contribution in [2.75, 3.05) is 11.9 Å². The predicted octanol–water partition coefficient (Wildman–Crippen LogP) is 3.54. The second-order valence-corrected chi connectivity index (χ2v) is 6.13. The summed E-state index contributed by atoms with van der Waals surface area (Å²) in [7, 11) is 0. The molecule has 0 spiro atoms. The van der Waals surface area contributed by atoms with Crippen molar-refractivity contribution in [2.24, 2.45) is 0 Å². The zero-order valence-electron chi connectivity index (χ0n) is 15.2. The Bertz CT molecular complexity index is 892. The van der Waals surface area contributed by atoms with E-state index in [9.17, 15) is 4.79 Å². The lowest BCUT2D eigenvalue weighted by molar-refractivity contribution is 0.0512. The van der Waals surface area contributed by atoms with Crippen molar-refractivity contribution < 1.29 is 14.1 Å². The van der Waals surface area contributed by atoms with Crippen LogP contribution >= 0.6 is 0 Å².